The van der Waals surface area contributed by atoms with Gasteiger partial charge in [-0.15, -0.1) is 0 Å². The van der Waals surface area contributed by atoms with Gasteiger partial charge < -0.3 is 5.32 Å². The molecule has 0 aromatic carbocycles. The summed E-state index contributed by atoms with van der Waals surface area (Å²) in [6.07, 6.45) is 2.88. The summed E-state index contributed by atoms with van der Waals surface area (Å²) in [5.74, 6) is 0.887. The fraction of sp³-hybridized carbons (Fsp3) is 1.00. The third kappa shape index (κ3) is 1.22. The van der Waals surface area contributed by atoms with Gasteiger partial charge in [-0.2, -0.15) is 0 Å². The van der Waals surface area contributed by atoms with E-state index in [1.807, 2.05) is 0 Å². The first-order chi connectivity index (χ1) is 3.80. The molecule has 8 heavy (non-hydrogen) atoms. The molecule has 0 aromatic heterocycles. The first-order valence-electron chi connectivity index (χ1n) is 3.64. The molecule has 1 heterocycles. The van der Waals surface area contributed by atoms with E-state index in [0.717, 1.165) is 12.0 Å². The van der Waals surface area contributed by atoms with Gasteiger partial charge in [0.05, 0.1) is 12.6 Å². The van der Waals surface area contributed by atoms with E-state index in [1.54, 1.807) is 0 Å². The number of nitrogens with two attached hydrogens (primary N) is 1. The molecular formula is C7H16N+. The van der Waals surface area contributed by atoms with Crippen LogP contribution in [-0.4, -0.2) is 12.6 Å². The average molecular weight is 114 g/mol. The lowest BCUT2D eigenvalue weighted by Gasteiger charge is -2.09. The summed E-state index contributed by atoms with van der Waals surface area (Å²) < 4.78 is 0. The smallest absolute Gasteiger partial charge is 0.0884 e. The minimum atomic E-state index is 0.887. The predicted molar refractivity (Wildman–Crippen MR) is 34.7 cm³/mol. The van der Waals surface area contributed by atoms with Crippen LogP contribution < -0.4 is 5.32 Å². The van der Waals surface area contributed by atoms with E-state index in [2.05, 4.69) is 19.2 Å². The lowest BCUT2D eigenvalue weighted by Crippen LogP contribution is -2.87. The minimum Gasteiger partial charge on any atom is -0.344 e. The van der Waals surface area contributed by atoms with Crippen molar-refractivity contribution < 1.29 is 5.32 Å². The largest absolute Gasteiger partial charge is 0.344 e. The molecule has 48 valence electrons. The number of hydrogen-bond acceptors (Lipinski definition) is 0. The molecule has 1 fully saturated rings. The van der Waals surface area contributed by atoms with Crippen LogP contribution in [0.25, 0.3) is 0 Å². The Labute approximate surface area is 51.5 Å². The van der Waals surface area contributed by atoms with Gasteiger partial charge in [0.15, 0.2) is 0 Å². The van der Waals surface area contributed by atoms with Crippen LogP contribution in [0.3, 0.4) is 0 Å². The topological polar surface area (TPSA) is 16.6 Å². The predicted octanol–water partition coefficient (Wildman–Crippen LogP) is 0.368. The van der Waals surface area contributed by atoms with E-state index in [9.17, 15) is 0 Å². The van der Waals surface area contributed by atoms with Crippen molar-refractivity contribution in [3.05, 3.63) is 0 Å². The Morgan fingerprint density at radius 2 is 2.25 bits per heavy atom. The number of rotatable bonds is 1. The summed E-state index contributed by atoms with van der Waals surface area (Å²) in [4.78, 5) is 0. The van der Waals surface area contributed by atoms with Crippen LogP contribution >= 0.6 is 0 Å². The third-order valence-corrected chi connectivity index (χ3v) is 2.07. The first kappa shape index (κ1) is 6.09. The van der Waals surface area contributed by atoms with Gasteiger partial charge in [0.2, 0.25) is 0 Å². The Kier molecular flexibility index (Phi) is 1.90. The lowest BCUT2D eigenvalue weighted by atomic mass is 10.0. The highest BCUT2D eigenvalue weighted by Gasteiger charge is 2.20. The van der Waals surface area contributed by atoms with E-state index < -0.39 is 0 Å². The Morgan fingerprint density at radius 3 is 2.50 bits per heavy atom. The monoisotopic (exact) mass is 114 g/mol. The van der Waals surface area contributed by atoms with Gasteiger partial charge in [0, 0.05) is 18.8 Å². The summed E-state index contributed by atoms with van der Waals surface area (Å²) in [7, 11) is 0. The fourth-order valence-corrected chi connectivity index (χ4v) is 1.41. The van der Waals surface area contributed by atoms with Crippen LogP contribution in [0.5, 0.6) is 0 Å². The van der Waals surface area contributed by atoms with Gasteiger partial charge in [-0.3, -0.25) is 0 Å². The summed E-state index contributed by atoms with van der Waals surface area (Å²) in [6.45, 7) is 5.99. The van der Waals surface area contributed by atoms with E-state index in [-0.39, 0.29) is 0 Å². The second-order valence-electron chi connectivity index (χ2n) is 3.07. The second-order valence-corrected chi connectivity index (χ2v) is 3.07. The first-order valence-corrected chi connectivity index (χ1v) is 3.64. The molecular weight excluding hydrogens is 98.1 g/mol. The molecule has 1 atom stereocenters. The highest BCUT2D eigenvalue weighted by Crippen LogP contribution is 2.06. The van der Waals surface area contributed by atoms with Crippen LogP contribution in [0.4, 0.5) is 0 Å². The van der Waals surface area contributed by atoms with Crippen molar-refractivity contribution in [3.63, 3.8) is 0 Å². The summed E-state index contributed by atoms with van der Waals surface area (Å²) in [5.41, 5.74) is 0. The zero-order chi connectivity index (χ0) is 5.98. The third-order valence-electron chi connectivity index (χ3n) is 2.07. The van der Waals surface area contributed by atoms with Crippen LogP contribution in [-0.2, 0) is 0 Å². The summed E-state index contributed by atoms with van der Waals surface area (Å²) >= 11 is 0. The van der Waals surface area contributed by atoms with Crippen molar-refractivity contribution >= 4 is 0 Å². The molecule has 2 N–H and O–H groups in total. The highest BCUT2D eigenvalue weighted by atomic mass is 14.9. The number of quaternary nitrogens is 1. The summed E-state index contributed by atoms with van der Waals surface area (Å²) in [5, 5.41) is 2.48. The van der Waals surface area contributed by atoms with Crippen LogP contribution in [0.15, 0.2) is 0 Å². The van der Waals surface area contributed by atoms with E-state index in [4.69, 9.17) is 0 Å². The fourth-order valence-electron chi connectivity index (χ4n) is 1.41. The Balaban J connectivity index is 2.24. The summed E-state index contributed by atoms with van der Waals surface area (Å²) in [6, 6.07) is 0.940. The zero-order valence-electron chi connectivity index (χ0n) is 5.85. The minimum absolute atomic E-state index is 0.887. The van der Waals surface area contributed by atoms with Crippen LogP contribution in [0.1, 0.15) is 26.7 Å². The van der Waals surface area contributed by atoms with Crippen molar-refractivity contribution in [1.29, 1.82) is 0 Å². The zero-order valence-corrected chi connectivity index (χ0v) is 5.85. The van der Waals surface area contributed by atoms with Gasteiger partial charge in [-0.1, -0.05) is 13.8 Å². The van der Waals surface area contributed by atoms with Gasteiger partial charge in [0.25, 0.3) is 0 Å². The van der Waals surface area contributed by atoms with Crippen molar-refractivity contribution in [1.82, 2.24) is 0 Å². The Hall–Kier alpha value is -0.0400. The SMILES string of the molecule is CC(C)[C@H]1CCC[NH2+]1. The molecule has 1 aliphatic heterocycles. The van der Waals surface area contributed by atoms with Crippen LogP contribution in [0, 0.1) is 5.92 Å². The Bertz CT molecular complexity index is 62.8. The molecule has 1 saturated heterocycles. The van der Waals surface area contributed by atoms with Crippen molar-refractivity contribution in [2.75, 3.05) is 6.54 Å². The molecule has 0 spiro atoms. The standard InChI is InChI=1S/C7H15N/c1-6(2)7-4-3-5-8-7/h6-8H,3-5H2,1-2H3/p+1/t7-/m1/s1. The van der Waals surface area contributed by atoms with Gasteiger partial charge in [-0.05, 0) is 0 Å². The van der Waals surface area contributed by atoms with Gasteiger partial charge in [0.1, 0.15) is 0 Å². The average Bonchev–Trinajstić information content (AvgIpc) is 2.12. The molecule has 0 bridgehead atoms. The molecule has 1 aliphatic rings. The molecule has 1 nitrogen and oxygen atoms in total. The maximum atomic E-state index is 2.48. The molecule has 1 heteroatoms. The maximum absolute atomic E-state index is 2.48. The van der Waals surface area contributed by atoms with Crippen molar-refractivity contribution in [2.45, 2.75) is 32.7 Å². The van der Waals surface area contributed by atoms with E-state index >= 15 is 0 Å². The van der Waals surface area contributed by atoms with Gasteiger partial charge >= 0.3 is 0 Å². The lowest BCUT2D eigenvalue weighted by molar-refractivity contribution is -0.675. The molecule has 0 aromatic rings. The molecule has 0 aliphatic carbocycles. The van der Waals surface area contributed by atoms with Crippen molar-refractivity contribution in [2.24, 2.45) is 5.92 Å². The molecule has 1 rings (SSSR count). The normalized spacial score (nSPS) is 29.6. The Morgan fingerprint density at radius 1 is 1.50 bits per heavy atom. The van der Waals surface area contributed by atoms with E-state index in [1.165, 1.54) is 19.4 Å². The molecule has 0 amide bonds. The number of hydrogen-bond donors (Lipinski definition) is 1. The van der Waals surface area contributed by atoms with Gasteiger partial charge in [-0.25, -0.2) is 0 Å². The van der Waals surface area contributed by atoms with E-state index in [0.29, 0.717) is 0 Å². The second kappa shape index (κ2) is 2.49. The quantitative estimate of drug-likeness (QED) is 0.507. The molecule has 0 saturated carbocycles. The van der Waals surface area contributed by atoms with Crippen molar-refractivity contribution in [3.8, 4) is 0 Å². The molecule has 0 unspecified atom stereocenters. The van der Waals surface area contributed by atoms with Crippen LogP contribution in [0.2, 0.25) is 0 Å². The highest BCUT2D eigenvalue weighted by molar-refractivity contribution is 4.62. The maximum Gasteiger partial charge on any atom is 0.0884 e. The molecule has 0 radical (unpaired) electrons.